The Morgan fingerprint density at radius 1 is 1.20 bits per heavy atom. The minimum atomic E-state index is -1.03. The zero-order valence-corrected chi connectivity index (χ0v) is 10.1. The zero-order chi connectivity index (χ0) is 12.3. The van der Waals surface area contributed by atoms with Crippen molar-refractivity contribution in [1.29, 1.82) is 0 Å². The number of nitrogens with one attached hydrogen (secondary N) is 1. The summed E-state index contributed by atoms with van der Waals surface area (Å²) in [4.78, 5) is 0. The quantitative estimate of drug-likeness (QED) is 0.397. The minimum absolute atomic E-state index is 0.0754. The second-order valence-corrected chi connectivity index (χ2v) is 5.02. The summed E-state index contributed by atoms with van der Waals surface area (Å²) in [5.74, 6) is -1.03. The van der Waals surface area contributed by atoms with Gasteiger partial charge in [-0.3, -0.25) is 11.5 Å². The van der Waals surface area contributed by atoms with Gasteiger partial charge in [-0.05, 0) is 0 Å². The third-order valence-electron chi connectivity index (χ3n) is 2.12. The first-order valence-electron chi connectivity index (χ1n) is 5.00. The van der Waals surface area contributed by atoms with Gasteiger partial charge in [0.1, 0.15) is 5.79 Å². The first-order chi connectivity index (χ1) is 6.58. The van der Waals surface area contributed by atoms with Gasteiger partial charge in [-0.2, -0.15) is 0 Å². The van der Waals surface area contributed by atoms with Crippen LogP contribution in [0.5, 0.6) is 0 Å². The summed E-state index contributed by atoms with van der Waals surface area (Å²) in [6.07, 6.45) is 0.429. The fourth-order valence-corrected chi connectivity index (χ4v) is 0.998. The molecule has 0 aromatic heterocycles. The third-order valence-corrected chi connectivity index (χ3v) is 2.12. The van der Waals surface area contributed by atoms with Crippen molar-refractivity contribution in [3.63, 3.8) is 0 Å². The van der Waals surface area contributed by atoms with E-state index in [9.17, 15) is 0 Å². The van der Waals surface area contributed by atoms with E-state index in [4.69, 9.17) is 17.2 Å². The van der Waals surface area contributed by atoms with Crippen LogP contribution in [0.25, 0.3) is 0 Å². The first kappa shape index (κ1) is 14.2. The molecule has 0 aromatic rings. The Morgan fingerprint density at radius 2 is 1.67 bits per heavy atom. The first-order valence-corrected chi connectivity index (χ1v) is 5.00. The topological polar surface area (TPSA) is 90.1 Å². The van der Waals surface area contributed by atoms with E-state index in [-0.39, 0.29) is 5.41 Å². The van der Waals surface area contributed by atoms with Crippen LogP contribution in [0.1, 0.15) is 27.2 Å². The lowest BCUT2D eigenvalue weighted by atomic mass is 9.92. The normalized spacial score (nSPS) is 12.4. The van der Waals surface area contributed by atoms with Crippen LogP contribution in [0.4, 0.5) is 0 Å². The second-order valence-electron chi connectivity index (χ2n) is 5.02. The van der Waals surface area contributed by atoms with Gasteiger partial charge in [0.05, 0.1) is 0 Å². The Labute approximate surface area is 92.6 Å². The molecule has 4 heteroatoms. The van der Waals surface area contributed by atoms with Crippen LogP contribution in [-0.4, -0.2) is 12.3 Å². The molecule has 88 valence electrons. The highest BCUT2D eigenvalue weighted by Crippen LogP contribution is 2.22. The van der Waals surface area contributed by atoms with Gasteiger partial charge in [0.25, 0.3) is 0 Å². The molecule has 0 amide bonds. The molecule has 0 fully saturated rings. The molecular formula is C11H24N4. The van der Waals surface area contributed by atoms with Crippen molar-refractivity contribution in [2.75, 3.05) is 6.54 Å². The van der Waals surface area contributed by atoms with Crippen molar-refractivity contribution in [3.05, 3.63) is 24.4 Å². The molecular weight excluding hydrogens is 188 g/mol. The fraction of sp³-hybridized carbons (Fsp3) is 0.636. The van der Waals surface area contributed by atoms with E-state index in [1.54, 1.807) is 0 Å². The van der Waals surface area contributed by atoms with Crippen LogP contribution in [0.2, 0.25) is 0 Å². The van der Waals surface area contributed by atoms with Crippen molar-refractivity contribution in [2.45, 2.75) is 33.0 Å². The molecule has 0 aliphatic rings. The number of nitrogens with two attached hydrogens (primary N) is 3. The molecule has 0 saturated carbocycles. The summed E-state index contributed by atoms with van der Waals surface area (Å²) in [5.41, 5.74) is 18.7. The highest BCUT2D eigenvalue weighted by atomic mass is 15.2. The lowest BCUT2D eigenvalue weighted by molar-refractivity contribution is 0.329. The molecule has 0 aliphatic heterocycles. The lowest BCUT2D eigenvalue weighted by Gasteiger charge is -2.33. The van der Waals surface area contributed by atoms with Crippen molar-refractivity contribution in [2.24, 2.45) is 22.6 Å². The molecule has 0 atom stereocenters. The van der Waals surface area contributed by atoms with Gasteiger partial charge in [-0.1, -0.05) is 39.5 Å². The van der Waals surface area contributed by atoms with Crippen LogP contribution in [0.15, 0.2) is 24.4 Å². The van der Waals surface area contributed by atoms with Crippen molar-refractivity contribution < 1.29 is 0 Å². The molecule has 0 bridgehead atoms. The molecule has 0 unspecified atom stereocenters. The average Bonchev–Trinajstić information content (AvgIpc) is 2.00. The molecule has 15 heavy (non-hydrogen) atoms. The van der Waals surface area contributed by atoms with Gasteiger partial charge in [-0.25, -0.2) is 0 Å². The van der Waals surface area contributed by atoms with Crippen LogP contribution in [0.3, 0.4) is 0 Å². The molecule has 0 rings (SSSR count). The summed E-state index contributed by atoms with van der Waals surface area (Å²) < 4.78 is 0. The number of hydrogen-bond donors (Lipinski definition) is 4. The summed E-state index contributed by atoms with van der Waals surface area (Å²) >= 11 is 0. The molecule has 0 spiro atoms. The van der Waals surface area contributed by atoms with E-state index in [0.717, 1.165) is 11.3 Å². The fourth-order valence-electron chi connectivity index (χ4n) is 0.998. The second kappa shape index (κ2) is 4.79. The van der Waals surface area contributed by atoms with E-state index in [0.29, 0.717) is 13.0 Å². The highest BCUT2D eigenvalue weighted by Gasteiger charge is 2.24. The third kappa shape index (κ3) is 5.57. The van der Waals surface area contributed by atoms with E-state index in [1.807, 2.05) is 20.8 Å². The van der Waals surface area contributed by atoms with Gasteiger partial charge in [-0.15, -0.1) is 0 Å². The van der Waals surface area contributed by atoms with Crippen LogP contribution >= 0.6 is 0 Å². The standard InChI is InChI=1S/C11H24N4/c1-8(7-12)6-11(13,14)15-9(2)10(3,4)5/h15H,1-2,6-7,12-14H2,3-5H3. The van der Waals surface area contributed by atoms with Gasteiger partial charge >= 0.3 is 0 Å². The predicted octanol–water partition coefficient (Wildman–Crippen LogP) is 0.612. The number of hydrogen-bond acceptors (Lipinski definition) is 4. The lowest BCUT2D eigenvalue weighted by Crippen LogP contribution is -2.62. The maximum Gasteiger partial charge on any atom is 0.142 e. The molecule has 7 N–H and O–H groups in total. The van der Waals surface area contributed by atoms with E-state index in [2.05, 4.69) is 18.5 Å². The predicted molar refractivity (Wildman–Crippen MR) is 65.6 cm³/mol. The largest absolute Gasteiger partial charge is 0.359 e. The molecule has 0 heterocycles. The molecule has 0 saturated heterocycles. The number of allylic oxidation sites excluding steroid dienone is 1. The zero-order valence-electron chi connectivity index (χ0n) is 10.1. The summed E-state index contributed by atoms with van der Waals surface area (Å²) in [7, 11) is 0. The van der Waals surface area contributed by atoms with Crippen LogP contribution in [0, 0.1) is 5.41 Å². The molecule has 0 aliphatic carbocycles. The SMILES string of the molecule is C=C(CN)CC(N)(N)NC(=C)C(C)(C)C. The minimum Gasteiger partial charge on any atom is -0.359 e. The molecule has 0 radical (unpaired) electrons. The van der Waals surface area contributed by atoms with Crippen molar-refractivity contribution in [1.82, 2.24) is 5.32 Å². The van der Waals surface area contributed by atoms with Crippen molar-refractivity contribution in [3.8, 4) is 0 Å². The van der Waals surface area contributed by atoms with Crippen LogP contribution < -0.4 is 22.5 Å². The summed E-state index contributed by atoms with van der Waals surface area (Å²) in [6.45, 7) is 14.2. The Kier molecular flexibility index (Phi) is 4.52. The van der Waals surface area contributed by atoms with E-state index >= 15 is 0 Å². The van der Waals surface area contributed by atoms with E-state index in [1.165, 1.54) is 0 Å². The summed E-state index contributed by atoms with van der Waals surface area (Å²) in [6, 6.07) is 0. The monoisotopic (exact) mass is 212 g/mol. The van der Waals surface area contributed by atoms with E-state index < -0.39 is 5.79 Å². The molecule has 4 nitrogen and oxygen atoms in total. The smallest absolute Gasteiger partial charge is 0.142 e. The van der Waals surface area contributed by atoms with Gasteiger partial charge in [0.2, 0.25) is 0 Å². The Bertz CT molecular complexity index is 248. The van der Waals surface area contributed by atoms with Gasteiger partial charge < -0.3 is 11.1 Å². The van der Waals surface area contributed by atoms with Gasteiger partial charge in [0.15, 0.2) is 0 Å². The maximum atomic E-state index is 5.88. The van der Waals surface area contributed by atoms with Gasteiger partial charge in [0, 0.05) is 24.1 Å². The Balaban J connectivity index is 4.38. The van der Waals surface area contributed by atoms with Crippen LogP contribution in [-0.2, 0) is 0 Å². The maximum absolute atomic E-state index is 5.88. The Hall–Kier alpha value is -0.840. The summed E-state index contributed by atoms with van der Waals surface area (Å²) in [5, 5.41) is 3.01. The Morgan fingerprint density at radius 3 is 2.00 bits per heavy atom. The number of rotatable bonds is 5. The van der Waals surface area contributed by atoms with Crippen molar-refractivity contribution >= 4 is 0 Å². The molecule has 0 aromatic carbocycles. The highest BCUT2D eigenvalue weighted by molar-refractivity contribution is 5.09. The average molecular weight is 212 g/mol.